The molecule has 20 heavy (non-hydrogen) atoms. The monoisotopic (exact) mass is 298 g/mol. The van der Waals surface area contributed by atoms with Gasteiger partial charge in [0.25, 0.3) is 0 Å². The van der Waals surface area contributed by atoms with Crippen LogP contribution in [-0.2, 0) is 14.8 Å². The molecule has 0 unspecified atom stereocenters. The zero-order chi connectivity index (χ0) is 14.6. The van der Waals surface area contributed by atoms with E-state index in [-0.39, 0.29) is 23.4 Å². The fourth-order valence-corrected chi connectivity index (χ4v) is 3.01. The highest BCUT2D eigenvalue weighted by molar-refractivity contribution is 7.89. The summed E-state index contributed by atoms with van der Waals surface area (Å²) < 4.78 is 45.4. The lowest BCUT2D eigenvalue weighted by atomic mass is 10.2. The first-order valence-electron chi connectivity index (χ1n) is 6.00. The number of H-pyrrole nitrogens is 1. The van der Waals surface area contributed by atoms with Crippen LogP contribution >= 0.6 is 0 Å². The second kappa shape index (κ2) is 6.17. The fourth-order valence-electron chi connectivity index (χ4n) is 1.81. The van der Waals surface area contributed by atoms with Gasteiger partial charge in [0.05, 0.1) is 18.6 Å². The number of benzene rings is 1. The molecule has 0 aliphatic heterocycles. The summed E-state index contributed by atoms with van der Waals surface area (Å²) in [5, 5.41) is 0.0620. The van der Waals surface area contributed by atoms with Gasteiger partial charge in [-0.25, -0.2) is 17.5 Å². The Balaban J connectivity index is 2.18. The van der Waals surface area contributed by atoms with Crippen molar-refractivity contribution in [1.29, 1.82) is 0 Å². The second-order valence-corrected chi connectivity index (χ2v) is 5.81. The summed E-state index contributed by atoms with van der Waals surface area (Å²) in [4.78, 5) is 2.64. The van der Waals surface area contributed by atoms with Crippen molar-refractivity contribution in [2.24, 2.45) is 0 Å². The molecule has 5 nitrogen and oxygen atoms in total. The lowest BCUT2D eigenvalue weighted by molar-refractivity contribution is 0.168. The van der Waals surface area contributed by atoms with Crippen molar-refractivity contribution in [2.75, 3.05) is 19.8 Å². The Kier molecular flexibility index (Phi) is 4.53. The van der Waals surface area contributed by atoms with Crippen LogP contribution in [0.2, 0.25) is 0 Å². The SMILES string of the molecule is C=CCOCCNS(=O)(=O)c1c[nH]c2cccc(F)c12. The van der Waals surface area contributed by atoms with E-state index in [1.807, 2.05) is 0 Å². The quantitative estimate of drug-likeness (QED) is 0.604. The lowest BCUT2D eigenvalue weighted by Gasteiger charge is -2.06. The van der Waals surface area contributed by atoms with E-state index in [9.17, 15) is 12.8 Å². The molecule has 2 rings (SSSR count). The van der Waals surface area contributed by atoms with Gasteiger partial charge in [-0.2, -0.15) is 0 Å². The van der Waals surface area contributed by atoms with E-state index < -0.39 is 15.8 Å². The number of hydrogen-bond acceptors (Lipinski definition) is 3. The molecule has 0 saturated heterocycles. The Morgan fingerprint density at radius 1 is 1.45 bits per heavy atom. The molecule has 1 aromatic carbocycles. The Bertz CT molecular complexity index is 709. The number of ether oxygens (including phenoxy) is 1. The maximum atomic E-state index is 13.8. The minimum atomic E-state index is -3.78. The number of nitrogens with one attached hydrogen (secondary N) is 2. The number of rotatable bonds is 7. The third kappa shape index (κ3) is 3.06. The summed E-state index contributed by atoms with van der Waals surface area (Å²) in [5.41, 5.74) is 0.438. The predicted octanol–water partition coefficient (Wildman–Crippen LogP) is 1.79. The van der Waals surface area contributed by atoms with E-state index in [2.05, 4.69) is 16.3 Å². The summed E-state index contributed by atoms with van der Waals surface area (Å²) in [6, 6.07) is 4.36. The van der Waals surface area contributed by atoms with E-state index in [0.29, 0.717) is 12.1 Å². The van der Waals surface area contributed by atoms with Crippen molar-refractivity contribution in [1.82, 2.24) is 9.71 Å². The van der Waals surface area contributed by atoms with Gasteiger partial charge in [0, 0.05) is 18.3 Å². The average molecular weight is 298 g/mol. The third-order valence-electron chi connectivity index (χ3n) is 2.68. The van der Waals surface area contributed by atoms with Crippen molar-refractivity contribution in [3.8, 4) is 0 Å². The highest BCUT2D eigenvalue weighted by Gasteiger charge is 2.20. The molecule has 2 aromatic rings. The van der Waals surface area contributed by atoms with E-state index in [1.54, 1.807) is 12.1 Å². The van der Waals surface area contributed by atoms with E-state index >= 15 is 0 Å². The maximum absolute atomic E-state index is 13.8. The molecule has 0 aliphatic carbocycles. The van der Waals surface area contributed by atoms with Gasteiger partial charge in [0.1, 0.15) is 10.7 Å². The number of aromatic amines is 1. The molecule has 0 aliphatic rings. The molecule has 0 atom stereocenters. The van der Waals surface area contributed by atoms with E-state index in [4.69, 9.17) is 4.74 Å². The molecular formula is C13H15FN2O3S. The standard InChI is InChI=1S/C13H15FN2O3S/c1-2-7-19-8-6-16-20(17,18)12-9-15-11-5-3-4-10(14)13(11)12/h2-5,9,15-16H,1,6-8H2. The highest BCUT2D eigenvalue weighted by atomic mass is 32.2. The number of fused-ring (bicyclic) bond motifs is 1. The predicted molar refractivity (Wildman–Crippen MR) is 74.5 cm³/mol. The van der Waals surface area contributed by atoms with E-state index in [1.165, 1.54) is 18.3 Å². The van der Waals surface area contributed by atoms with Crippen LogP contribution in [0.1, 0.15) is 0 Å². The molecule has 1 heterocycles. The van der Waals surface area contributed by atoms with E-state index in [0.717, 1.165) is 0 Å². The number of sulfonamides is 1. The molecule has 0 saturated carbocycles. The van der Waals surface area contributed by atoms with Gasteiger partial charge in [-0.15, -0.1) is 6.58 Å². The summed E-state index contributed by atoms with van der Waals surface area (Å²) in [7, 11) is -3.78. The fraction of sp³-hybridized carbons (Fsp3) is 0.231. The van der Waals surface area contributed by atoms with Crippen molar-refractivity contribution in [2.45, 2.75) is 4.90 Å². The number of aromatic nitrogens is 1. The normalized spacial score (nSPS) is 11.8. The average Bonchev–Trinajstić information content (AvgIpc) is 2.84. The zero-order valence-corrected chi connectivity index (χ0v) is 11.5. The first-order valence-corrected chi connectivity index (χ1v) is 7.48. The summed E-state index contributed by atoms with van der Waals surface area (Å²) in [6.45, 7) is 4.16. The first-order chi connectivity index (χ1) is 9.56. The zero-order valence-electron chi connectivity index (χ0n) is 10.7. The molecule has 108 valence electrons. The molecule has 7 heteroatoms. The summed E-state index contributed by atoms with van der Waals surface area (Å²) >= 11 is 0. The van der Waals surface area contributed by atoms with Crippen LogP contribution < -0.4 is 4.72 Å². The van der Waals surface area contributed by atoms with Crippen LogP contribution in [0.25, 0.3) is 10.9 Å². The van der Waals surface area contributed by atoms with Crippen LogP contribution in [0.5, 0.6) is 0 Å². The number of hydrogen-bond donors (Lipinski definition) is 2. The maximum Gasteiger partial charge on any atom is 0.242 e. The lowest BCUT2D eigenvalue weighted by Crippen LogP contribution is -2.27. The Labute approximate surface area is 116 Å². The molecule has 0 radical (unpaired) electrons. The smallest absolute Gasteiger partial charge is 0.242 e. The molecule has 0 fully saturated rings. The van der Waals surface area contributed by atoms with Gasteiger partial charge in [0.2, 0.25) is 10.0 Å². The van der Waals surface area contributed by atoms with Crippen LogP contribution in [-0.4, -0.2) is 33.2 Å². The van der Waals surface area contributed by atoms with Gasteiger partial charge in [0.15, 0.2) is 0 Å². The second-order valence-electron chi connectivity index (χ2n) is 4.08. The van der Waals surface area contributed by atoms with Crippen molar-refractivity contribution < 1.29 is 17.5 Å². The largest absolute Gasteiger partial charge is 0.376 e. The van der Waals surface area contributed by atoms with Crippen LogP contribution in [0.3, 0.4) is 0 Å². The van der Waals surface area contributed by atoms with Crippen LogP contribution in [0.4, 0.5) is 4.39 Å². The van der Waals surface area contributed by atoms with Crippen LogP contribution in [0, 0.1) is 5.82 Å². The summed E-state index contributed by atoms with van der Waals surface area (Å²) in [5.74, 6) is -0.577. The van der Waals surface area contributed by atoms with Gasteiger partial charge in [-0.3, -0.25) is 0 Å². The first kappa shape index (κ1) is 14.7. The molecular weight excluding hydrogens is 283 g/mol. The van der Waals surface area contributed by atoms with Gasteiger partial charge < -0.3 is 9.72 Å². The van der Waals surface area contributed by atoms with Crippen LogP contribution in [0.15, 0.2) is 41.9 Å². The highest BCUT2D eigenvalue weighted by Crippen LogP contribution is 2.24. The Morgan fingerprint density at radius 2 is 2.25 bits per heavy atom. The van der Waals surface area contributed by atoms with Gasteiger partial charge >= 0.3 is 0 Å². The molecule has 2 N–H and O–H groups in total. The van der Waals surface area contributed by atoms with Gasteiger partial charge in [-0.05, 0) is 12.1 Å². The topological polar surface area (TPSA) is 71.2 Å². The Hall–Kier alpha value is -1.70. The minimum absolute atomic E-state index is 0.0620. The molecule has 0 spiro atoms. The molecule has 0 bridgehead atoms. The minimum Gasteiger partial charge on any atom is -0.376 e. The third-order valence-corrected chi connectivity index (χ3v) is 4.17. The van der Waals surface area contributed by atoms with Gasteiger partial charge in [-0.1, -0.05) is 12.1 Å². The summed E-state index contributed by atoms with van der Waals surface area (Å²) in [6.07, 6.45) is 2.85. The van der Waals surface area contributed by atoms with Crippen molar-refractivity contribution in [3.63, 3.8) is 0 Å². The molecule has 1 aromatic heterocycles. The van der Waals surface area contributed by atoms with Crippen molar-refractivity contribution >= 4 is 20.9 Å². The molecule has 0 amide bonds. The Morgan fingerprint density at radius 3 is 3.00 bits per heavy atom. The number of halogens is 1. The van der Waals surface area contributed by atoms with Crippen molar-refractivity contribution in [3.05, 3.63) is 42.9 Å².